The monoisotopic (exact) mass is 312 g/mol. The van der Waals surface area contributed by atoms with Crippen LogP contribution in [0.1, 0.15) is 6.92 Å². The summed E-state index contributed by atoms with van der Waals surface area (Å²) in [6.07, 6.45) is 3.53. The van der Waals surface area contributed by atoms with Gasteiger partial charge in [-0.2, -0.15) is 0 Å². The van der Waals surface area contributed by atoms with Gasteiger partial charge in [0.15, 0.2) is 5.65 Å². The lowest BCUT2D eigenvalue weighted by Crippen LogP contribution is -2.15. The fourth-order valence-electron chi connectivity index (χ4n) is 2.25. The van der Waals surface area contributed by atoms with Gasteiger partial charge in [-0.15, -0.1) is 5.10 Å². The second kappa shape index (κ2) is 6.97. The summed E-state index contributed by atoms with van der Waals surface area (Å²) in [6, 6.07) is 9.73. The number of hydrogen-bond donors (Lipinski definition) is 3. The van der Waals surface area contributed by atoms with Crippen molar-refractivity contribution in [2.45, 2.75) is 6.92 Å². The molecule has 0 fully saturated rings. The van der Waals surface area contributed by atoms with Crippen LogP contribution in [0.25, 0.3) is 5.65 Å². The van der Waals surface area contributed by atoms with Crippen molar-refractivity contribution in [2.75, 3.05) is 30.3 Å². The first-order valence-electron chi connectivity index (χ1n) is 7.58. The molecule has 0 saturated carbocycles. The molecule has 7 nitrogen and oxygen atoms in total. The molecule has 1 aromatic carbocycles. The Bertz CT molecular complexity index is 768. The normalized spacial score (nSPS) is 10.7. The van der Waals surface area contributed by atoms with Gasteiger partial charge in [-0.25, -0.2) is 9.50 Å². The number of fused-ring (bicyclic) bond motifs is 1. The van der Waals surface area contributed by atoms with E-state index in [-0.39, 0.29) is 0 Å². The quantitative estimate of drug-likeness (QED) is 0.620. The first kappa shape index (κ1) is 15.1. The molecule has 2 heterocycles. The second-order valence-electron chi connectivity index (χ2n) is 4.94. The van der Waals surface area contributed by atoms with Gasteiger partial charge in [-0.05, 0) is 31.2 Å². The highest BCUT2D eigenvalue weighted by Crippen LogP contribution is 2.24. The maximum absolute atomic E-state index is 5.53. The summed E-state index contributed by atoms with van der Waals surface area (Å²) in [6.45, 7) is 3.83. The molecule has 4 N–H and O–H groups in total. The molecule has 0 atom stereocenters. The van der Waals surface area contributed by atoms with Crippen LogP contribution >= 0.6 is 0 Å². The topological polar surface area (TPSA) is 89.5 Å². The van der Waals surface area contributed by atoms with E-state index >= 15 is 0 Å². The van der Waals surface area contributed by atoms with Crippen LogP contribution in [0.4, 0.5) is 17.2 Å². The average molecular weight is 312 g/mol. The van der Waals surface area contributed by atoms with Crippen LogP contribution in [0.5, 0.6) is 5.75 Å². The third-order valence-corrected chi connectivity index (χ3v) is 3.25. The van der Waals surface area contributed by atoms with E-state index in [2.05, 4.69) is 20.7 Å². The number of nitrogens with zero attached hydrogens (tertiary/aromatic N) is 3. The van der Waals surface area contributed by atoms with Crippen molar-refractivity contribution < 1.29 is 4.74 Å². The highest BCUT2D eigenvalue weighted by Gasteiger charge is 2.07. The zero-order chi connectivity index (χ0) is 16.1. The summed E-state index contributed by atoms with van der Waals surface area (Å²) < 4.78 is 7.19. The molecule has 0 aliphatic carbocycles. The molecule has 23 heavy (non-hydrogen) atoms. The van der Waals surface area contributed by atoms with Crippen molar-refractivity contribution in [1.29, 1.82) is 0 Å². The van der Waals surface area contributed by atoms with Gasteiger partial charge < -0.3 is 21.1 Å². The average Bonchev–Trinajstić information content (AvgIpc) is 3.04. The number of ether oxygens (including phenoxy) is 1. The molecular formula is C16H20N6O. The lowest BCUT2D eigenvalue weighted by molar-refractivity contribution is 0.340. The number of rotatable bonds is 7. The maximum atomic E-state index is 5.53. The molecule has 0 aliphatic heterocycles. The summed E-state index contributed by atoms with van der Waals surface area (Å²) in [7, 11) is 0. The van der Waals surface area contributed by atoms with Gasteiger partial charge in [0.25, 0.3) is 0 Å². The van der Waals surface area contributed by atoms with Gasteiger partial charge in [-0.1, -0.05) is 0 Å². The molecule has 2 aromatic heterocycles. The smallest absolute Gasteiger partial charge is 0.177 e. The number of imidazole rings is 1. The van der Waals surface area contributed by atoms with E-state index in [0.717, 1.165) is 28.6 Å². The lowest BCUT2D eigenvalue weighted by atomic mass is 10.3. The van der Waals surface area contributed by atoms with E-state index in [1.54, 1.807) is 10.7 Å². The van der Waals surface area contributed by atoms with Gasteiger partial charge in [0.2, 0.25) is 0 Å². The summed E-state index contributed by atoms with van der Waals surface area (Å²) in [4.78, 5) is 4.34. The molecule has 0 saturated heterocycles. The first-order valence-corrected chi connectivity index (χ1v) is 7.58. The van der Waals surface area contributed by atoms with Crippen molar-refractivity contribution in [1.82, 2.24) is 14.6 Å². The highest BCUT2D eigenvalue weighted by molar-refractivity contribution is 5.75. The third-order valence-electron chi connectivity index (χ3n) is 3.25. The highest BCUT2D eigenvalue weighted by atomic mass is 16.5. The molecule has 3 rings (SSSR count). The summed E-state index contributed by atoms with van der Waals surface area (Å²) >= 11 is 0. The van der Waals surface area contributed by atoms with Gasteiger partial charge >= 0.3 is 0 Å². The van der Waals surface area contributed by atoms with E-state index in [9.17, 15) is 0 Å². The van der Waals surface area contributed by atoms with E-state index in [1.807, 2.05) is 43.5 Å². The van der Waals surface area contributed by atoms with Gasteiger partial charge in [-0.3, -0.25) is 0 Å². The SMILES string of the molecule is CCOc1ccc(Nc2cc(NCCN)nn3ccnc23)cc1. The molecular weight excluding hydrogens is 292 g/mol. The standard InChI is InChI=1S/C16H20N6O/c1-2-23-13-5-3-12(4-6-13)20-14-11-15(18-8-7-17)21-22-10-9-19-16(14)22/h3-6,9-11,20H,2,7-8,17H2,1H3,(H,18,21). The zero-order valence-corrected chi connectivity index (χ0v) is 13.0. The van der Waals surface area contributed by atoms with E-state index in [1.165, 1.54) is 0 Å². The van der Waals surface area contributed by atoms with E-state index in [0.29, 0.717) is 19.7 Å². The van der Waals surface area contributed by atoms with Crippen LogP contribution in [0.2, 0.25) is 0 Å². The van der Waals surface area contributed by atoms with Crippen LogP contribution in [0.15, 0.2) is 42.7 Å². The number of nitrogens with two attached hydrogens (primary N) is 1. The van der Waals surface area contributed by atoms with Gasteiger partial charge in [0.05, 0.1) is 12.3 Å². The van der Waals surface area contributed by atoms with Crippen LogP contribution < -0.4 is 21.1 Å². The Kier molecular flexibility index (Phi) is 4.58. The van der Waals surface area contributed by atoms with E-state index in [4.69, 9.17) is 10.5 Å². The Balaban J connectivity index is 1.87. The Morgan fingerprint density at radius 2 is 2.09 bits per heavy atom. The summed E-state index contributed by atoms with van der Waals surface area (Å²) in [5.41, 5.74) is 8.12. The molecule has 0 bridgehead atoms. The van der Waals surface area contributed by atoms with Crippen LogP contribution in [0, 0.1) is 0 Å². The van der Waals surface area contributed by atoms with Crippen LogP contribution in [-0.2, 0) is 0 Å². The molecule has 0 unspecified atom stereocenters. The van der Waals surface area contributed by atoms with Gasteiger partial charge in [0, 0.05) is 37.2 Å². The van der Waals surface area contributed by atoms with Crippen molar-refractivity contribution in [2.24, 2.45) is 5.73 Å². The van der Waals surface area contributed by atoms with Gasteiger partial charge in [0.1, 0.15) is 11.6 Å². The molecule has 0 amide bonds. The van der Waals surface area contributed by atoms with Crippen molar-refractivity contribution in [3.8, 4) is 5.75 Å². The van der Waals surface area contributed by atoms with Crippen molar-refractivity contribution in [3.63, 3.8) is 0 Å². The van der Waals surface area contributed by atoms with Crippen molar-refractivity contribution in [3.05, 3.63) is 42.7 Å². The minimum absolute atomic E-state index is 0.547. The zero-order valence-electron chi connectivity index (χ0n) is 13.0. The number of hydrogen-bond acceptors (Lipinski definition) is 6. The molecule has 120 valence electrons. The largest absolute Gasteiger partial charge is 0.494 e. The molecule has 7 heteroatoms. The Morgan fingerprint density at radius 3 is 2.83 bits per heavy atom. The summed E-state index contributed by atoms with van der Waals surface area (Å²) in [5.74, 6) is 1.60. The Labute approximate surface area is 134 Å². The lowest BCUT2D eigenvalue weighted by Gasteiger charge is -2.11. The van der Waals surface area contributed by atoms with Crippen LogP contribution in [-0.4, -0.2) is 34.3 Å². The number of nitrogens with one attached hydrogen (secondary N) is 2. The fourth-order valence-corrected chi connectivity index (χ4v) is 2.25. The van der Waals surface area contributed by atoms with E-state index < -0.39 is 0 Å². The molecule has 0 radical (unpaired) electrons. The fraction of sp³-hybridized carbons (Fsp3) is 0.250. The molecule has 0 spiro atoms. The van der Waals surface area contributed by atoms with Crippen LogP contribution in [0.3, 0.4) is 0 Å². The predicted octanol–water partition coefficient (Wildman–Crippen LogP) is 2.24. The molecule has 0 aliphatic rings. The minimum Gasteiger partial charge on any atom is -0.494 e. The minimum atomic E-state index is 0.547. The maximum Gasteiger partial charge on any atom is 0.177 e. The number of benzene rings is 1. The Morgan fingerprint density at radius 1 is 1.26 bits per heavy atom. The summed E-state index contributed by atoms with van der Waals surface area (Å²) in [5, 5.41) is 11.0. The number of aromatic nitrogens is 3. The predicted molar refractivity (Wildman–Crippen MR) is 91.4 cm³/mol. The third kappa shape index (κ3) is 3.51. The second-order valence-corrected chi connectivity index (χ2v) is 4.94. The van der Waals surface area contributed by atoms with Crippen molar-refractivity contribution >= 4 is 22.8 Å². The Hall–Kier alpha value is -2.80. The molecule has 3 aromatic rings. The number of anilines is 3. The first-order chi connectivity index (χ1) is 11.3.